The Balaban J connectivity index is 2.92. The highest BCUT2D eigenvalue weighted by atomic mass is 28.3. The summed E-state index contributed by atoms with van der Waals surface area (Å²) in [4.78, 5) is 8.72. The summed E-state index contributed by atoms with van der Waals surface area (Å²) in [6.07, 6.45) is 2.05. The van der Waals surface area contributed by atoms with Gasteiger partial charge in [0, 0.05) is 11.4 Å². The van der Waals surface area contributed by atoms with Gasteiger partial charge in [-0.05, 0) is 26.0 Å². The SMILES string of the molecule is Cc1cc(C)nc(/C=C/[Si](C)(C)C)n1. The summed E-state index contributed by atoms with van der Waals surface area (Å²) in [6, 6.07) is 1.99. The Morgan fingerprint density at radius 2 is 1.57 bits per heavy atom. The highest BCUT2D eigenvalue weighted by Crippen LogP contribution is 2.06. The van der Waals surface area contributed by atoms with Gasteiger partial charge in [0.05, 0.1) is 8.07 Å². The fraction of sp³-hybridized carbons (Fsp3) is 0.455. The Kier molecular flexibility index (Phi) is 3.21. The molecule has 0 aromatic carbocycles. The van der Waals surface area contributed by atoms with Crippen LogP contribution in [0.15, 0.2) is 11.8 Å². The fourth-order valence-corrected chi connectivity index (χ4v) is 1.80. The van der Waals surface area contributed by atoms with Crippen molar-refractivity contribution in [1.82, 2.24) is 9.97 Å². The Morgan fingerprint density at radius 1 is 1.07 bits per heavy atom. The highest BCUT2D eigenvalue weighted by molar-refractivity contribution is 6.81. The van der Waals surface area contributed by atoms with Gasteiger partial charge in [-0.1, -0.05) is 25.3 Å². The van der Waals surface area contributed by atoms with Crippen LogP contribution in [0, 0.1) is 13.8 Å². The van der Waals surface area contributed by atoms with Gasteiger partial charge in [-0.15, -0.1) is 0 Å². The molecule has 0 spiro atoms. The first kappa shape index (κ1) is 11.1. The van der Waals surface area contributed by atoms with Gasteiger partial charge in [-0.25, -0.2) is 9.97 Å². The largest absolute Gasteiger partial charge is 0.234 e. The molecule has 0 aliphatic rings. The number of aryl methyl sites for hydroxylation is 2. The van der Waals surface area contributed by atoms with Crippen molar-refractivity contribution in [3.63, 3.8) is 0 Å². The zero-order valence-electron chi connectivity index (χ0n) is 9.63. The Hall–Kier alpha value is -0.963. The second kappa shape index (κ2) is 4.05. The second-order valence-corrected chi connectivity index (χ2v) is 9.77. The molecule has 0 saturated carbocycles. The lowest BCUT2D eigenvalue weighted by molar-refractivity contribution is 1.03. The second-order valence-electron chi connectivity index (χ2n) is 4.71. The lowest BCUT2D eigenvalue weighted by Crippen LogP contribution is -2.15. The molecule has 1 rings (SSSR count). The molecule has 0 N–H and O–H groups in total. The van der Waals surface area contributed by atoms with Crippen LogP contribution in [-0.2, 0) is 0 Å². The summed E-state index contributed by atoms with van der Waals surface area (Å²) in [7, 11) is -1.14. The molecule has 14 heavy (non-hydrogen) atoms. The molecule has 76 valence electrons. The number of rotatable bonds is 2. The maximum absolute atomic E-state index is 4.36. The molecule has 0 radical (unpaired) electrons. The average Bonchev–Trinajstić information content (AvgIpc) is 1.97. The number of hydrogen-bond donors (Lipinski definition) is 0. The third kappa shape index (κ3) is 3.83. The number of hydrogen-bond acceptors (Lipinski definition) is 2. The summed E-state index contributed by atoms with van der Waals surface area (Å²) in [5, 5.41) is 0. The van der Waals surface area contributed by atoms with Crippen molar-refractivity contribution in [2.75, 3.05) is 0 Å². The minimum absolute atomic E-state index is 0.838. The molecule has 0 bridgehead atoms. The monoisotopic (exact) mass is 206 g/mol. The van der Waals surface area contributed by atoms with Crippen LogP contribution >= 0.6 is 0 Å². The van der Waals surface area contributed by atoms with Gasteiger partial charge in [0.25, 0.3) is 0 Å². The molecule has 0 amide bonds. The van der Waals surface area contributed by atoms with Gasteiger partial charge >= 0.3 is 0 Å². The first-order chi connectivity index (χ1) is 6.37. The molecule has 0 saturated heterocycles. The Labute approximate surface area is 87.1 Å². The molecule has 3 heteroatoms. The zero-order chi connectivity index (χ0) is 10.8. The first-order valence-electron chi connectivity index (χ1n) is 4.88. The number of aromatic nitrogens is 2. The summed E-state index contributed by atoms with van der Waals surface area (Å²) >= 11 is 0. The van der Waals surface area contributed by atoms with Gasteiger partial charge in [0.2, 0.25) is 0 Å². The van der Waals surface area contributed by atoms with E-state index in [0.29, 0.717) is 0 Å². The van der Waals surface area contributed by atoms with Crippen molar-refractivity contribution in [2.24, 2.45) is 0 Å². The van der Waals surface area contributed by atoms with E-state index in [9.17, 15) is 0 Å². The fourth-order valence-electron chi connectivity index (χ4n) is 1.15. The Morgan fingerprint density at radius 3 is 2.00 bits per heavy atom. The molecule has 1 heterocycles. The normalized spacial score (nSPS) is 12.4. The van der Waals surface area contributed by atoms with Crippen molar-refractivity contribution >= 4 is 14.1 Å². The first-order valence-corrected chi connectivity index (χ1v) is 8.46. The van der Waals surface area contributed by atoms with Crippen molar-refractivity contribution < 1.29 is 0 Å². The van der Waals surface area contributed by atoms with Crippen LogP contribution in [0.3, 0.4) is 0 Å². The van der Waals surface area contributed by atoms with Crippen molar-refractivity contribution in [3.8, 4) is 0 Å². The van der Waals surface area contributed by atoms with E-state index in [1.54, 1.807) is 0 Å². The van der Waals surface area contributed by atoms with Gasteiger partial charge in [0.15, 0.2) is 5.82 Å². The van der Waals surface area contributed by atoms with E-state index in [1.807, 2.05) is 26.0 Å². The minimum Gasteiger partial charge on any atom is -0.234 e. The molecular formula is C11H18N2Si. The summed E-state index contributed by atoms with van der Waals surface area (Å²) in [6.45, 7) is 10.9. The predicted molar refractivity (Wildman–Crippen MR) is 63.9 cm³/mol. The molecule has 0 fully saturated rings. The molecule has 1 aromatic rings. The summed E-state index contributed by atoms with van der Waals surface area (Å²) < 4.78 is 0. The van der Waals surface area contributed by atoms with E-state index in [1.165, 1.54) is 0 Å². The van der Waals surface area contributed by atoms with Gasteiger partial charge in [-0.3, -0.25) is 0 Å². The van der Waals surface area contributed by atoms with Crippen LogP contribution in [-0.4, -0.2) is 18.0 Å². The van der Waals surface area contributed by atoms with Crippen LogP contribution in [0.25, 0.3) is 6.08 Å². The van der Waals surface area contributed by atoms with E-state index < -0.39 is 8.07 Å². The van der Waals surface area contributed by atoms with Gasteiger partial charge < -0.3 is 0 Å². The summed E-state index contributed by atoms with van der Waals surface area (Å²) in [5.41, 5.74) is 4.33. The highest BCUT2D eigenvalue weighted by Gasteiger charge is 2.07. The van der Waals surface area contributed by atoms with Crippen molar-refractivity contribution in [1.29, 1.82) is 0 Å². The van der Waals surface area contributed by atoms with E-state index >= 15 is 0 Å². The maximum atomic E-state index is 4.36. The number of nitrogens with zero attached hydrogens (tertiary/aromatic N) is 2. The molecule has 0 aliphatic heterocycles. The molecule has 0 aliphatic carbocycles. The molecular weight excluding hydrogens is 188 g/mol. The van der Waals surface area contributed by atoms with E-state index in [2.05, 4.69) is 35.3 Å². The van der Waals surface area contributed by atoms with Gasteiger partial charge in [0.1, 0.15) is 0 Å². The van der Waals surface area contributed by atoms with E-state index in [4.69, 9.17) is 0 Å². The average molecular weight is 206 g/mol. The zero-order valence-corrected chi connectivity index (χ0v) is 10.6. The standard InChI is InChI=1S/C11H18N2Si/c1-9-8-10(2)13-11(12-9)6-7-14(3,4)5/h6-8H,1-5H3/b7-6+. The van der Waals surface area contributed by atoms with E-state index in [0.717, 1.165) is 17.2 Å². The van der Waals surface area contributed by atoms with Crippen molar-refractivity contribution in [2.45, 2.75) is 33.5 Å². The Bertz CT molecular complexity index is 331. The lowest BCUT2D eigenvalue weighted by Gasteiger charge is -2.07. The summed E-state index contributed by atoms with van der Waals surface area (Å²) in [5.74, 6) is 0.838. The van der Waals surface area contributed by atoms with Crippen LogP contribution in [0.2, 0.25) is 19.6 Å². The third-order valence-electron chi connectivity index (χ3n) is 1.73. The third-order valence-corrected chi connectivity index (χ3v) is 2.90. The van der Waals surface area contributed by atoms with Crippen LogP contribution < -0.4 is 0 Å². The predicted octanol–water partition coefficient (Wildman–Crippen LogP) is 2.98. The topological polar surface area (TPSA) is 25.8 Å². The molecule has 0 unspecified atom stereocenters. The minimum atomic E-state index is -1.14. The molecule has 0 atom stereocenters. The maximum Gasteiger partial charge on any atom is 0.151 e. The van der Waals surface area contributed by atoms with Crippen LogP contribution in [0.5, 0.6) is 0 Å². The van der Waals surface area contributed by atoms with Crippen molar-refractivity contribution in [3.05, 3.63) is 29.0 Å². The van der Waals surface area contributed by atoms with Crippen LogP contribution in [0.1, 0.15) is 17.2 Å². The van der Waals surface area contributed by atoms with Crippen LogP contribution in [0.4, 0.5) is 0 Å². The smallest absolute Gasteiger partial charge is 0.151 e. The lowest BCUT2D eigenvalue weighted by atomic mass is 10.3. The molecule has 2 nitrogen and oxygen atoms in total. The van der Waals surface area contributed by atoms with Gasteiger partial charge in [-0.2, -0.15) is 0 Å². The quantitative estimate of drug-likeness (QED) is 0.695. The van der Waals surface area contributed by atoms with E-state index in [-0.39, 0.29) is 0 Å². The molecule has 1 aromatic heterocycles.